The molecule has 0 radical (unpaired) electrons. The van der Waals surface area contributed by atoms with Crippen LogP contribution in [0.3, 0.4) is 0 Å². The minimum absolute atomic E-state index is 0.0863. The summed E-state index contributed by atoms with van der Waals surface area (Å²) < 4.78 is 22.4. The second kappa shape index (κ2) is 7.66. The first-order valence-corrected chi connectivity index (χ1v) is 8.39. The number of methoxy groups -OCH3 is 3. The van der Waals surface area contributed by atoms with E-state index in [1.165, 1.54) is 0 Å². The summed E-state index contributed by atoms with van der Waals surface area (Å²) in [6, 6.07) is 9.98. The molecule has 3 rings (SSSR count). The van der Waals surface area contributed by atoms with E-state index >= 15 is 0 Å². The van der Waals surface area contributed by atoms with E-state index in [-0.39, 0.29) is 12.7 Å². The van der Waals surface area contributed by atoms with Gasteiger partial charge in [-0.2, -0.15) is 0 Å². The van der Waals surface area contributed by atoms with Gasteiger partial charge in [-0.15, -0.1) is 0 Å². The highest BCUT2D eigenvalue weighted by Gasteiger charge is 2.28. The van der Waals surface area contributed by atoms with E-state index in [1.807, 2.05) is 24.3 Å². The third kappa shape index (κ3) is 3.51. The van der Waals surface area contributed by atoms with Crippen molar-refractivity contribution < 1.29 is 24.1 Å². The second-order valence-corrected chi connectivity index (χ2v) is 6.04. The molecule has 0 fully saturated rings. The van der Waals surface area contributed by atoms with E-state index in [2.05, 4.69) is 6.07 Å². The number of hydrogen-bond acceptors (Lipinski definition) is 5. The standard InChI is InChI=1S/C20H24O5/c1-22-16-7-6-14(11-18(16)23-2)17-12-15-9-13(5-4-8-21)10-19(24-3)20(15)25-17/h6-7,9-11,17,21H,4-5,8,12H2,1-3H3. The van der Waals surface area contributed by atoms with Gasteiger partial charge in [-0.25, -0.2) is 0 Å². The summed E-state index contributed by atoms with van der Waals surface area (Å²) in [5, 5.41) is 9.05. The second-order valence-electron chi connectivity index (χ2n) is 6.04. The van der Waals surface area contributed by atoms with Gasteiger partial charge in [0.1, 0.15) is 6.10 Å². The Labute approximate surface area is 148 Å². The first-order chi connectivity index (χ1) is 12.2. The average molecular weight is 344 g/mol. The van der Waals surface area contributed by atoms with Crippen LogP contribution in [0.25, 0.3) is 0 Å². The van der Waals surface area contributed by atoms with Gasteiger partial charge in [0.15, 0.2) is 23.0 Å². The number of ether oxygens (including phenoxy) is 4. The SMILES string of the molecule is COc1ccc(C2Cc3cc(CCCO)cc(OC)c3O2)cc1OC. The van der Waals surface area contributed by atoms with Crippen LogP contribution in [0.2, 0.25) is 0 Å². The molecule has 0 saturated carbocycles. The predicted molar refractivity (Wildman–Crippen MR) is 95.0 cm³/mol. The maximum Gasteiger partial charge on any atom is 0.165 e. The quantitative estimate of drug-likeness (QED) is 0.835. The van der Waals surface area contributed by atoms with Crippen molar-refractivity contribution in [3.8, 4) is 23.0 Å². The normalized spacial score (nSPS) is 15.4. The lowest BCUT2D eigenvalue weighted by molar-refractivity contribution is 0.228. The summed E-state index contributed by atoms with van der Waals surface area (Å²) in [5.41, 5.74) is 3.32. The van der Waals surface area contributed by atoms with Crippen molar-refractivity contribution in [2.45, 2.75) is 25.4 Å². The van der Waals surface area contributed by atoms with E-state index in [9.17, 15) is 0 Å². The van der Waals surface area contributed by atoms with Crippen molar-refractivity contribution in [1.29, 1.82) is 0 Å². The number of benzene rings is 2. The smallest absolute Gasteiger partial charge is 0.165 e. The molecule has 1 aliphatic rings. The van der Waals surface area contributed by atoms with Gasteiger partial charge in [0.05, 0.1) is 21.3 Å². The molecule has 134 valence electrons. The van der Waals surface area contributed by atoms with Gasteiger partial charge in [-0.3, -0.25) is 0 Å². The number of rotatable bonds is 7. The molecule has 5 heteroatoms. The maximum atomic E-state index is 9.05. The van der Waals surface area contributed by atoms with Crippen LogP contribution >= 0.6 is 0 Å². The third-order valence-electron chi connectivity index (χ3n) is 4.48. The van der Waals surface area contributed by atoms with E-state index in [1.54, 1.807) is 21.3 Å². The molecule has 1 aliphatic heterocycles. The Kier molecular flexibility index (Phi) is 5.34. The summed E-state index contributed by atoms with van der Waals surface area (Å²) >= 11 is 0. The molecule has 0 bridgehead atoms. The topological polar surface area (TPSA) is 57.2 Å². The van der Waals surface area contributed by atoms with Crippen molar-refractivity contribution >= 4 is 0 Å². The minimum Gasteiger partial charge on any atom is -0.493 e. The molecule has 0 aliphatic carbocycles. The number of fused-ring (bicyclic) bond motifs is 1. The van der Waals surface area contributed by atoms with Crippen molar-refractivity contribution in [2.75, 3.05) is 27.9 Å². The highest BCUT2D eigenvalue weighted by molar-refractivity contribution is 5.53. The zero-order chi connectivity index (χ0) is 17.8. The molecule has 0 saturated heterocycles. The zero-order valence-electron chi connectivity index (χ0n) is 14.9. The zero-order valence-corrected chi connectivity index (χ0v) is 14.9. The monoisotopic (exact) mass is 344 g/mol. The molecular weight excluding hydrogens is 320 g/mol. The molecule has 1 heterocycles. The number of aryl methyl sites for hydroxylation is 1. The molecule has 5 nitrogen and oxygen atoms in total. The van der Waals surface area contributed by atoms with E-state index in [4.69, 9.17) is 24.1 Å². The number of hydrogen-bond donors (Lipinski definition) is 1. The Balaban J connectivity index is 1.87. The van der Waals surface area contributed by atoms with Crippen LogP contribution in [0.15, 0.2) is 30.3 Å². The highest BCUT2D eigenvalue weighted by Crippen LogP contribution is 2.45. The fraction of sp³-hybridized carbons (Fsp3) is 0.400. The Morgan fingerprint density at radius 2 is 1.76 bits per heavy atom. The van der Waals surface area contributed by atoms with Crippen LogP contribution < -0.4 is 18.9 Å². The first-order valence-electron chi connectivity index (χ1n) is 8.39. The average Bonchev–Trinajstić information content (AvgIpc) is 3.09. The van der Waals surface area contributed by atoms with E-state index in [0.29, 0.717) is 11.5 Å². The highest BCUT2D eigenvalue weighted by atomic mass is 16.5. The molecule has 1 atom stereocenters. The van der Waals surface area contributed by atoms with Gasteiger partial charge in [0.2, 0.25) is 0 Å². The third-order valence-corrected chi connectivity index (χ3v) is 4.48. The van der Waals surface area contributed by atoms with Crippen molar-refractivity contribution in [2.24, 2.45) is 0 Å². The van der Waals surface area contributed by atoms with Crippen LogP contribution in [-0.4, -0.2) is 33.0 Å². The van der Waals surface area contributed by atoms with Gasteiger partial charge >= 0.3 is 0 Å². The van der Waals surface area contributed by atoms with E-state index < -0.39 is 0 Å². The van der Waals surface area contributed by atoms with Gasteiger partial charge in [-0.1, -0.05) is 12.1 Å². The van der Waals surface area contributed by atoms with Gasteiger partial charge in [-0.05, 0) is 42.2 Å². The maximum absolute atomic E-state index is 9.05. The summed E-state index contributed by atoms with van der Waals surface area (Å²) in [6.45, 7) is 0.185. The lowest BCUT2D eigenvalue weighted by atomic mass is 10.00. The van der Waals surface area contributed by atoms with Crippen molar-refractivity contribution in [3.63, 3.8) is 0 Å². The molecule has 1 N–H and O–H groups in total. The van der Waals surface area contributed by atoms with Crippen LogP contribution in [0, 0.1) is 0 Å². The Hall–Kier alpha value is -2.40. The Bertz CT molecular complexity index is 741. The van der Waals surface area contributed by atoms with Gasteiger partial charge < -0.3 is 24.1 Å². The molecule has 0 aromatic heterocycles. The number of aliphatic hydroxyl groups is 1. The summed E-state index contributed by atoms with van der Waals surface area (Å²) in [5.74, 6) is 2.93. The van der Waals surface area contributed by atoms with Crippen LogP contribution in [0.5, 0.6) is 23.0 Å². The van der Waals surface area contributed by atoms with Gasteiger partial charge in [0, 0.05) is 18.6 Å². The lowest BCUT2D eigenvalue weighted by Gasteiger charge is -2.15. The van der Waals surface area contributed by atoms with Crippen LogP contribution in [0.4, 0.5) is 0 Å². The Morgan fingerprint density at radius 3 is 2.44 bits per heavy atom. The van der Waals surface area contributed by atoms with Crippen molar-refractivity contribution in [1.82, 2.24) is 0 Å². The first kappa shape index (κ1) is 17.4. The molecule has 0 spiro atoms. The fourth-order valence-electron chi connectivity index (χ4n) is 3.21. The fourth-order valence-corrected chi connectivity index (χ4v) is 3.21. The summed E-state index contributed by atoms with van der Waals surface area (Å²) in [4.78, 5) is 0. The van der Waals surface area contributed by atoms with Crippen LogP contribution in [0.1, 0.15) is 29.2 Å². The molecule has 0 amide bonds. The largest absolute Gasteiger partial charge is 0.493 e. The Morgan fingerprint density at radius 1 is 1.00 bits per heavy atom. The lowest BCUT2D eigenvalue weighted by Crippen LogP contribution is -2.04. The van der Waals surface area contributed by atoms with Gasteiger partial charge in [0.25, 0.3) is 0 Å². The summed E-state index contributed by atoms with van der Waals surface area (Å²) in [6.07, 6.45) is 2.24. The van der Waals surface area contributed by atoms with Crippen LogP contribution in [-0.2, 0) is 12.8 Å². The van der Waals surface area contributed by atoms with Crippen molar-refractivity contribution in [3.05, 3.63) is 47.0 Å². The number of aliphatic hydroxyl groups excluding tert-OH is 1. The predicted octanol–water partition coefficient (Wildman–Crippen LogP) is 3.31. The molecule has 25 heavy (non-hydrogen) atoms. The summed E-state index contributed by atoms with van der Waals surface area (Å²) in [7, 11) is 4.90. The van der Waals surface area contributed by atoms with E-state index in [0.717, 1.165) is 47.5 Å². The molecule has 2 aromatic rings. The molecular formula is C20H24O5. The minimum atomic E-state index is -0.0863. The molecule has 1 unspecified atom stereocenters. The molecule has 2 aromatic carbocycles.